The monoisotopic (exact) mass is 276 g/mol. The molecule has 6 nitrogen and oxygen atoms in total. The largest absolute Gasteiger partial charge is 0.347 e. The Morgan fingerprint density at radius 2 is 2.05 bits per heavy atom. The van der Waals surface area contributed by atoms with Crippen LogP contribution in [0, 0.1) is 0 Å². The average molecular weight is 276 g/mol. The Labute approximate surface area is 114 Å². The summed E-state index contributed by atoms with van der Waals surface area (Å²) in [6.45, 7) is 0. The van der Waals surface area contributed by atoms with Crippen molar-refractivity contribution < 1.29 is 9.59 Å². The van der Waals surface area contributed by atoms with Crippen molar-refractivity contribution in [1.82, 2.24) is 19.9 Å². The lowest BCUT2D eigenvalue weighted by Crippen LogP contribution is -2.33. The molecule has 7 heteroatoms. The number of thioether (sulfide) groups is 1. The van der Waals surface area contributed by atoms with Crippen LogP contribution in [0.15, 0.2) is 41.9 Å². The third-order valence-electron chi connectivity index (χ3n) is 2.30. The molecule has 0 saturated heterocycles. The quantitative estimate of drug-likeness (QED) is 0.662. The van der Waals surface area contributed by atoms with Gasteiger partial charge in [0.05, 0.1) is 5.75 Å². The van der Waals surface area contributed by atoms with Crippen LogP contribution < -0.4 is 5.32 Å². The van der Waals surface area contributed by atoms with Gasteiger partial charge in [0.25, 0.3) is 5.91 Å². The molecule has 2 heterocycles. The van der Waals surface area contributed by atoms with Gasteiger partial charge in [-0.1, -0.05) is 11.8 Å². The average Bonchev–Trinajstić information content (AvgIpc) is 2.84. The van der Waals surface area contributed by atoms with Gasteiger partial charge >= 0.3 is 0 Å². The second-order valence-electron chi connectivity index (χ2n) is 3.70. The van der Waals surface area contributed by atoms with Crippen molar-refractivity contribution in [3.8, 4) is 0 Å². The van der Waals surface area contributed by atoms with Gasteiger partial charge in [-0.2, -0.15) is 0 Å². The third kappa shape index (κ3) is 3.65. The van der Waals surface area contributed by atoms with E-state index in [1.165, 1.54) is 11.8 Å². The molecule has 2 rings (SSSR count). The highest BCUT2D eigenvalue weighted by Crippen LogP contribution is 2.10. The predicted octanol–water partition coefficient (Wildman–Crippen LogP) is 0.864. The minimum atomic E-state index is -0.410. The number of carbonyl (C=O) groups excluding carboxylic acids is 2. The van der Waals surface area contributed by atoms with E-state index in [1.54, 1.807) is 48.4 Å². The molecule has 2 aromatic rings. The van der Waals surface area contributed by atoms with E-state index < -0.39 is 5.91 Å². The van der Waals surface area contributed by atoms with E-state index in [2.05, 4.69) is 15.3 Å². The van der Waals surface area contributed by atoms with E-state index in [0.29, 0.717) is 10.9 Å². The lowest BCUT2D eigenvalue weighted by molar-refractivity contribution is -0.117. The summed E-state index contributed by atoms with van der Waals surface area (Å²) in [4.78, 5) is 31.3. The van der Waals surface area contributed by atoms with Gasteiger partial charge in [-0.25, -0.2) is 9.97 Å². The second-order valence-corrected chi connectivity index (χ2v) is 4.64. The molecule has 0 unspecified atom stereocenters. The molecule has 2 aromatic heterocycles. The topological polar surface area (TPSA) is 76.9 Å². The maximum absolute atomic E-state index is 11.8. The van der Waals surface area contributed by atoms with Gasteiger partial charge in [-0.05, 0) is 18.2 Å². The normalized spacial score (nSPS) is 10.2. The van der Waals surface area contributed by atoms with Gasteiger partial charge in [-0.15, -0.1) is 0 Å². The molecule has 19 heavy (non-hydrogen) atoms. The molecule has 1 N–H and O–H groups in total. The zero-order valence-corrected chi connectivity index (χ0v) is 11.1. The molecular formula is C12H12N4O2S. The molecule has 0 aliphatic carbocycles. The van der Waals surface area contributed by atoms with E-state index >= 15 is 0 Å². The highest BCUT2D eigenvalue weighted by Gasteiger charge is 2.13. The Morgan fingerprint density at radius 1 is 1.32 bits per heavy atom. The fourth-order valence-corrected chi connectivity index (χ4v) is 2.02. The molecule has 0 aliphatic heterocycles. The molecule has 0 aliphatic rings. The van der Waals surface area contributed by atoms with E-state index in [1.807, 2.05) is 0 Å². The Bertz CT molecular complexity index is 582. The van der Waals surface area contributed by atoms with Crippen LogP contribution in [-0.4, -0.2) is 32.1 Å². The van der Waals surface area contributed by atoms with Crippen LogP contribution in [0.3, 0.4) is 0 Å². The molecule has 2 amide bonds. The van der Waals surface area contributed by atoms with Gasteiger partial charge in [0.1, 0.15) is 5.69 Å². The van der Waals surface area contributed by atoms with Crippen LogP contribution in [0.1, 0.15) is 10.5 Å². The molecule has 0 radical (unpaired) electrons. The van der Waals surface area contributed by atoms with Gasteiger partial charge in [0.2, 0.25) is 5.91 Å². The Balaban J connectivity index is 1.85. The smallest absolute Gasteiger partial charge is 0.274 e. The second kappa shape index (κ2) is 6.14. The molecule has 98 valence electrons. The van der Waals surface area contributed by atoms with Crippen LogP contribution in [-0.2, 0) is 11.8 Å². The Kier molecular flexibility index (Phi) is 4.30. The minimum Gasteiger partial charge on any atom is -0.347 e. The molecule has 0 atom stereocenters. The maximum atomic E-state index is 11.8. The molecular weight excluding hydrogens is 264 g/mol. The van der Waals surface area contributed by atoms with Crippen molar-refractivity contribution in [1.29, 1.82) is 0 Å². The number of imide groups is 1. The summed E-state index contributed by atoms with van der Waals surface area (Å²) < 4.78 is 1.65. The van der Waals surface area contributed by atoms with Crippen LogP contribution in [0.25, 0.3) is 0 Å². The summed E-state index contributed by atoms with van der Waals surface area (Å²) in [5, 5.41) is 2.82. The summed E-state index contributed by atoms with van der Waals surface area (Å²) >= 11 is 1.18. The fraction of sp³-hybridized carbons (Fsp3) is 0.167. The van der Waals surface area contributed by atoms with Gasteiger partial charge in [0, 0.05) is 25.6 Å². The zero-order valence-electron chi connectivity index (χ0n) is 10.2. The highest BCUT2D eigenvalue weighted by molar-refractivity contribution is 7.99. The Hall–Kier alpha value is -2.15. The van der Waals surface area contributed by atoms with Gasteiger partial charge in [0.15, 0.2) is 5.16 Å². The Morgan fingerprint density at radius 3 is 2.68 bits per heavy atom. The van der Waals surface area contributed by atoms with Crippen molar-refractivity contribution >= 4 is 23.6 Å². The summed E-state index contributed by atoms with van der Waals surface area (Å²) in [7, 11) is 1.74. The summed E-state index contributed by atoms with van der Waals surface area (Å²) in [5.74, 6) is -0.684. The van der Waals surface area contributed by atoms with Crippen LogP contribution >= 0.6 is 11.8 Å². The first-order valence-electron chi connectivity index (χ1n) is 5.52. The molecule has 0 aromatic carbocycles. The number of nitrogens with zero attached hydrogens (tertiary/aromatic N) is 3. The molecule has 0 fully saturated rings. The number of aromatic nitrogens is 3. The zero-order chi connectivity index (χ0) is 13.7. The number of hydrogen-bond acceptors (Lipinski definition) is 5. The van der Waals surface area contributed by atoms with E-state index in [4.69, 9.17) is 0 Å². The number of carbonyl (C=O) groups is 2. The third-order valence-corrected chi connectivity index (χ3v) is 3.18. The first-order chi connectivity index (χ1) is 9.16. The minimum absolute atomic E-state index is 0.0974. The number of nitrogens with one attached hydrogen (secondary N) is 1. The van der Waals surface area contributed by atoms with E-state index in [0.717, 1.165) is 0 Å². The maximum Gasteiger partial charge on any atom is 0.274 e. The number of hydrogen-bond donors (Lipinski definition) is 1. The predicted molar refractivity (Wildman–Crippen MR) is 70.6 cm³/mol. The van der Waals surface area contributed by atoms with E-state index in [-0.39, 0.29) is 11.7 Å². The summed E-state index contributed by atoms with van der Waals surface area (Å²) in [6.07, 6.45) is 4.94. The van der Waals surface area contributed by atoms with Gasteiger partial charge < -0.3 is 4.57 Å². The summed E-state index contributed by atoms with van der Waals surface area (Å²) in [5.41, 5.74) is 0.439. The van der Waals surface area contributed by atoms with Crippen molar-refractivity contribution in [3.63, 3.8) is 0 Å². The number of aryl methyl sites for hydroxylation is 1. The van der Waals surface area contributed by atoms with Crippen molar-refractivity contribution in [2.75, 3.05) is 5.75 Å². The standard InChI is InChI=1S/C12H12N4O2S/c1-16-7-2-4-9(16)11(18)15-10(17)8-19-12-13-5-3-6-14-12/h2-7H,8H2,1H3,(H,15,17,18). The van der Waals surface area contributed by atoms with Crippen LogP contribution in [0.4, 0.5) is 0 Å². The van der Waals surface area contributed by atoms with Crippen LogP contribution in [0.2, 0.25) is 0 Å². The first kappa shape index (κ1) is 13.3. The number of rotatable bonds is 4. The summed E-state index contributed by atoms with van der Waals surface area (Å²) in [6, 6.07) is 5.09. The van der Waals surface area contributed by atoms with Crippen molar-refractivity contribution in [2.45, 2.75) is 5.16 Å². The molecule has 0 bridgehead atoms. The molecule has 0 spiro atoms. The lowest BCUT2D eigenvalue weighted by Gasteiger charge is -2.04. The van der Waals surface area contributed by atoms with Crippen molar-refractivity contribution in [2.24, 2.45) is 7.05 Å². The molecule has 0 saturated carbocycles. The first-order valence-corrected chi connectivity index (χ1v) is 6.50. The van der Waals surface area contributed by atoms with Gasteiger partial charge in [-0.3, -0.25) is 14.9 Å². The van der Waals surface area contributed by atoms with E-state index in [9.17, 15) is 9.59 Å². The lowest BCUT2D eigenvalue weighted by atomic mass is 10.4. The van der Waals surface area contributed by atoms with Crippen LogP contribution in [0.5, 0.6) is 0 Å². The number of amides is 2. The van der Waals surface area contributed by atoms with Crippen molar-refractivity contribution in [3.05, 3.63) is 42.5 Å². The highest BCUT2D eigenvalue weighted by atomic mass is 32.2. The fourth-order valence-electron chi connectivity index (χ4n) is 1.41. The SMILES string of the molecule is Cn1cccc1C(=O)NC(=O)CSc1ncccn1.